The highest BCUT2D eigenvalue weighted by Crippen LogP contribution is 2.38. The second kappa shape index (κ2) is 9.89. The Morgan fingerprint density at radius 3 is 2.21 bits per heavy atom. The van der Waals surface area contributed by atoms with E-state index in [1.54, 1.807) is 24.3 Å². The Morgan fingerprint density at radius 1 is 0.949 bits per heavy atom. The van der Waals surface area contributed by atoms with E-state index in [4.69, 9.17) is 5.73 Å². The van der Waals surface area contributed by atoms with E-state index in [9.17, 15) is 36.3 Å². The molecule has 4 rings (SSSR count). The molecular formula is C26H22F5N5O3. The number of urea groups is 2. The number of imide groups is 1. The van der Waals surface area contributed by atoms with Crippen LogP contribution in [0.1, 0.15) is 25.0 Å². The summed E-state index contributed by atoms with van der Waals surface area (Å²) in [7, 11) is 0. The molecule has 0 unspecified atom stereocenters. The minimum atomic E-state index is -5.04. The van der Waals surface area contributed by atoms with Crippen molar-refractivity contribution in [2.24, 2.45) is 5.73 Å². The van der Waals surface area contributed by atoms with Crippen LogP contribution in [-0.4, -0.2) is 28.4 Å². The van der Waals surface area contributed by atoms with Gasteiger partial charge in [-0.1, -0.05) is 6.07 Å². The molecule has 204 valence electrons. The number of primary amides is 1. The Morgan fingerprint density at radius 2 is 1.59 bits per heavy atom. The highest BCUT2D eigenvalue weighted by atomic mass is 19.4. The quantitative estimate of drug-likeness (QED) is 0.261. The summed E-state index contributed by atoms with van der Waals surface area (Å²) in [6, 6.07) is 10.2. The standard InChI is InChI=1S/C26H22F5N5O3/c1-25(2)22(37)36(18-9-10-20(28)19(12-18)26(29,30)31)24(39)35(25)13-14-3-4-15(27)11-21(14)33-16-5-7-17(8-6-16)34-23(32)38/h3-12,33H,13H2,1-2H3,(H3,32,34,38). The molecule has 0 aliphatic carbocycles. The number of rotatable bonds is 6. The second-order valence-electron chi connectivity index (χ2n) is 9.22. The Bertz CT molecular complexity index is 1460. The summed E-state index contributed by atoms with van der Waals surface area (Å²) < 4.78 is 67.7. The molecule has 1 heterocycles. The molecule has 1 aliphatic heterocycles. The Kier molecular flexibility index (Phi) is 6.94. The number of hydrogen-bond donors (Lipinski definition) is 3. The van der Waals surface area contributed by atoms with Crippen molar-refractivity contribution in [1.82, 2.24) is 4.90 Å². The highest BCUT2D eigenvalue weighted by molar-refractivity contribution is 6.23. The molecule has 0 aromatic heterocycles. The third-order valence-corrected chi connectivity index (χ3v) is 6.17. The van der Waals surface area contributed by atoms with Crippen molar-refractivity contribution in [3.63, 3.8) is 0 Å². The van der Waals surface area contributed by atoms with E-state index in [-0.39, 0.29) is 12.2 Å². The first kappa shape index (κ1) is 27.4. The minimum absolute atomic E-state index is 0.217. The van der Waals surface area contributed by atoms with Crippen molar-refractivity contribution in [3.8, 4) is 0 Å². The summed E-state index contributed by atoms with van der Waals surface area (Å²) in [6.45, 7) is 2.62. The molecule has 3 aromatic rings. The predicted molar refractivity (Wildman–Crippen MR) is 133 cm³/mol. The summed E-state index contributed by atoms with van der Waals surface area (Å²) >= 11 is 0. The van der Waals surface area contributed by atoms with Crippen LogP contribution in [0, 0.1) is 11.6 Å². The molecule has 1 fully saturated rings. The van der Waals surface area contributed by atoms with Crippen molar-refractivity contribution in [3.05, 3.63) is 83.4 Å². The SMILES string of the molecule is CC1(C)C(=O)N(c2ccc(F)c(C(F)(F)F)c2)C(=O)N1Cc1ccc(F)cc1Nc1ccc(NC(N)=O)cc1. The van der Waals surface area contributed by atoms with Crippen LogP contribution in [0.25, 0.3) is 0 Å². The Balaban J connectivity index is 1.64. The van der Waals surface area contributed by atoms with Crippen LogP contribution in [0.15, 0.2) is 60.7 Å². The van der Waals surface area contributed by atoms with Gasteiger partial charge in [-0.3, -0.25) is 4.79 Å². The van der Waals surface area contributed by atoms with Crippen LogP contribution in [0.5, 0.6) is 0 Å². The molecule has 8 nitrogen and oxygen atoms in total. The minimum Gasteiger partial charge on any atom is -0.355 e. The summed E-state index contributed by atoms with van der Waals surface area (Å²) in [5.41, 5.74) is 3.10. The number of nitrogens with zero attached hydrogens (tertiary/aromatic N) is 2. The van der Waals surface area contributed by atoms with Crippen molar-refractivity contribution >= 4 is 40.7 Å². The van der Waals surface area contributed by atoms with Crippen molar-refractivity contribution in [1.29, 1.82) is 0 Å². The van der Waals surface area contributed by atoms with Gasteiger partial charge in [0.2, 0.25) is 0 Å². The van der Waals surface area contributed by atoms with Crippen LogP contribution in [-0.2, 0) is 17.5 Å². The maximum atomic E-state index is 14.1. The van der Waals surface area contributed by atoms with Crippen LogP contribution >= 0.6 is 0 Å². The maximum Gasteiger partial charge on any atom is 0.419 e. The van der Waals surface area contributed by atoms with Crippen LogP contribution in [0.3, 0.4) is 0 Å². The molecule has 0 radical (unpaired) electrons. The van der Waals surface area contributed by atoms with Crippen molar-refractivity contribution in [2.45, 2.75) is 32.1 Å². The van der Waals surface area contributed by atoms with Crippen molar-refractivity contribution in [2.75, 3.05) is 15.5 Å². The number of amides is 5. The molecular weight excluding hydrogens is 525 g/mol. The van der Waals surface area contributed by atoms with Gasteiger partial charge in [0.1, 0.15) is 17.2 Å². The largest absolute Gasteiger partial charge is 0.419 e. The summed E-state index contributed by atoms with van der Waals surface area (Å²) in [5, 5.41) is 5.41. The van der Waals surface area contributed by atoms with Crippen LogP contribution in [0.4, 0.5) is 54.3 Å². The summed E-state index contributed by atoms with van der Waals surface area (Å²) in [6.07, 6.45) is -5.04. The molecule has 0 spiro atoms. The number of alkyl halides is 3. The van der Waals surface area contributed by atoms with Gasteiger partial charge < -0.3 is 21.3 Å². The fourth-order valence-electron chi connectivity index (χ4n) is 4.11. The van der Waals surface area contributed by atoms with Gasteiger partial charge in [0.25, 0.3) is 5.91 Å². The first-order valence-corrected chi connectivity index (χ1v) is 11.4. The number of anilines is 4. The van der Waals surface area contributed by atoms with E-state index in [2.05, 4.69) is 10.6 Å². The lowest BCUT2D eigenvalue weighted by Crippen LogP contribution is -2.43. The van der Waals surface area contributed by atoms with Gasteiger partial charge in [-0.15, -0.1) is 0 Å². The Labute approximate surface area is 219 Å². The summed E-state index contributed by atoms with van der Waals surface area (Å²) in [5.74, 6) is -2.95. The van der Waals surface area contributed by atoms with Gasteiger partial charge in [0.05, 0.1) is 17.8 Å². The van der Waals surface area contributed by atoms with E-state index in [0.29, 0.717) is 34.0 Å². The highest BCUT2D eigenvalue weighted by Gasteiger charge is 2.52. The van der Waals surface area contributed by atoms with E-state index in [1.165, 1.54) is 26.0 Å². The van der Waals surface area contributed by atoms with Gasteiger partial charge in [-0.25, -0.2) is 23.3 Å². The van der Waals surface area contributed by atoms with Gasteiger partial charge in [-0.2, -0.15) is 13.2 Å². The normalized spacial score (nSPS) is 15.1. The number of benzene rings is 3. The van der Waals surface area contributed by atoms with E-state index >= 15 is 0 Å². The number of carbonyl (C=O) groups excluding carboxylic acids is 3. The second-order valence-corrected chi connectivity index (χ2v) is 9.22. The van der Waals surface area contributed by atoms with Gasteiger partial charge in [0.15, 0.2) is 0 Å². The van der Waals surface area contributed by atoms with E-state index in [1.807, 2.05) is 0 Å². The number of halogens is 5. The molecule has 3 aromatic carbocycles. The molecule has 0 saturated carbocycles. The first-order valence-electron chi connectivity index (χ1n) is 11.4. The zero-order valence-corrected chi connectivity index (χ0v) is 20.6. The molecule has 0 atom stereocenters. The van der Waals surface area contributed by atoms with Crippen LogP contribution in [0.2, 0.25) is 0 Å². The average molecular weight is 547 g/mol. The first-order chi connectivity index (χ1) is 18.2. The molecule has 39 heavy (non-hydrogen) atoms. The molecule has 1 saturated heterocycles. The number of nitrogens with one attached hydrogen (secondary N) is 2. The topological polar surface area (TPSA) is 108 Å². The van der Waals surface area contributed by atoms with Gasteiger partial charge in [-0.05, 0) is 74.0 Å². The maximum absolute atomic E-state index is 14.1. The Hall–Kier alpha value is -4.68. The lowest BCUT2D eigenvalue weighted by Gasteiger charge is -2.28. The number of hydrogen-bond acceptors (Lipinski definition) is 4. The fourth-order valence-corrected chi connectivity index (χ4v) is 4.11. The van der Waals surface area contributed by atoms with E-state index < -0.39 is 52.6 Å². The van der Waals surface area contributed by atoms with Gasteiger partial charge >= 0.3 is 18.2 Å². The fraction of sp³-hybridized carbons (Fsp3) is 0.192. The van der Waals surface area contributed by atoms with Crippen LogP contribution < -0.4 is 21.3 Å². The van der Waals surface area contributed by atoms with E-state index in [0.717, 1.165) is 17.0 Å². The monoisotopic (exact) mass is 547 g/mol. The average Bonchev–Trinajstić information content (AvgIpc) is 3.00. The molecule has 13 heteroatoms. The lowest BCUT2D eigenvalue weighted by molar-refractivity contribution is -0.140. The molecule has 1 aliphatic rings. The number of carbonyl (C=O) groups is 3. The zero-order valence-electron chi connectivity index (χ0n) is 20.6. The summed E-state index contributed by atoms with van der Waals surface area (Å²) in [4.78, 5) is 39.3. The van der Waals surface area contributed by atoms with Crippen molar-refractivity contribution < 1.29 is 36.3 Å². The lowest BCUT2D eigenvalue weighted by atomic mass is 10.0. The number of nitrogens with two attached hydrogens (primary N) is 1. The molecule has 5 amide bonds. The molecule has 0 bridgehead atoms. The predicted octanol–water partition coefficient (Wildman–Crippen LogP) is 5.97. The molecule has 4 N–H and O–H groups in total. The van der Waals surface area contributed by atoms with Gasteiger partial charge in [0, 0.05) is 17.1 Å². The zero-order chi connectivity index (χ0) is 28.7. The smallest absolute Gasteiger partial charge is 0.355 e. The third-order valence-electron chi connectivity index (χ3n) is 6.17. The third kappa shape index (κ3) is 5.47.